The molecule has 0 saturated heterocycles. The van der Waals surface area contributed by atoms with Crippen LogP contribution < -0.4 is 11.1 Å². The lowest BCUT2D eigenvalue weighted by molar-refractivity contribution is -0.121. The van der Waals surface area contributed by atoms with Gasteiger partial charge >= 0.3 is 5.97 Å². The second-order valence-corrected chi connectivity index (χ2v) is 3.58. The first-order valence-electron chi connectivity index (χ1n) is 5.53. The highest BCUT2D eigenvalue weighted by molar-refractivity contribution is 5.90. The average molecular weight is 254 g/mol. The molecule has 0 atom stereocenters. The summed E-state index contributed by atoms with van der Waals surface area (Å²) in [6.07, 6.45) is 0.0518. The van der Waals surface area contributed by atoms with E-state index in [1.54, 1.807) is 6.92 Å². The number of amides is 1. The van der Waals surface area contributed by atoms with Gasteiger partial charge in [-0.05, 0) is 25.1 Å². The summed E-state index contributed by atoms with van der Waals surface area (Å²) in [5.41, 5.74) is 5.39. The Bertz CT molecular complexity index is 449. The second kappa shape index (κ2) is 6.58. The number of nitrogen functional groups attached to an aromatic ring is 1. The first-order valence-corrected chi connectivity index (χ1v) is 5.53. The zero-order valence-electron chi connectivity index (χ0n) is 10.0. The molecule has 3 N–H and O–H groups in total. The van der Waals surface area contributed by atoms with Crippen molar-refractivity contribution in [2.24, 2.45) is 0 Å². The molecule has 18 heavy (non-hydrogen) atoms. The van der Waals surface area contributed by atoms with Crippen LogP contribution in [0.4, 0.5) is 10.1 Å². The van der Waals surface area contributed by atoms with Crippen molar-refractivity contribution in [3.63, 3.8) is 0 Å². The molecule has 0 aliphatic heterocycles. The van der Waals surface area contributed by atoms with Crippen LogP contribution in [0.1, 0.15) is 23.7 Å². The standard InChI is InChI=1S/C12H15FN2O3/c1-2-15-11(16)5-6-18-12(17)9-4-3-8(14)7-10(9)13/h3-4,7H,2,5-6,14H2,1H3,(H,15,16). The van der Waals surface area contributed by atoms with Gasteiger partial charge < -0.3 is 15.8 Å². The number of nitrogens with two attached hydrogens (primary N) is 1. The van der Waals surface area contributed by atoms with E-state index < -0.39 is 11.8 Å². The van der Waals surface area contributed by atoms with Gasteiger partial charge in [0.05, 0.1) is 12.0 Å². The number of nitrogens with one attached hydrogen (secondary N) is 1. The molecule has 0 bridgehead atoms. The lowest BCUT2D eigenvalue weighted by Gasteiger charge is -2.06. The number of carbonyl (C=O) groups is 2. The molecule has 0 aliphatic rings. The van der Waals surface area contributed by atoms with Gasteiger partial charge in [0.1, 0.15) is 12.4 Å². The van der Waals surface area contributed by atoms with E-state index in [1.807, 2.05) is 0 Å². The molecule has 0 aliphatic carbocycles. The van der Waals surface area contributed by atoms with E-state index >= 15 is 0 Å². The molecule has 0 saturated carbocycles. The third kappa shape index (κ3) is 4.04. The van der Waals surface area contributed by atoms with Crippen molar-refractivity contribution < 1.29 is 18.7 Å². The van der Waals surface area contributed by atoms with E-state index in [4.69, 9.17) is 10.5 Å². The summed E-state index contributed by atoms with van der Waals surface area (Å²) in [4.78, 5) is 22.6. The number of ether oxygens (including phenoxy) is 1. The second-order valence-electron chi connectivity index (χ2n) is 3.58. The van der Waals surface area contributed by atoms with Gasteiger partial charge in [-0.15, -0.1) is 0 Å². The van der Waals surface area contributed by atoms with E-state index in [1.165, 1.54) is 12.1 Å². The maximum Gasteiger partial charge on any atom is 0.341 e. The lowest BCUT2D eigenvalue weighted by Crippen LogP contribution is -2.24. The van der Waals surface area contributed by atoms with Crippen LogP contribution in [-0.2, 0) is 9.53 Å². The number of anilines is 1. The predicted molar refractivity (Wildman–Crippen MR) is 64.4 cm³/mol. The van der Waals surface area contributed by atoms with E-state index in [9.17, 15) is 14.0 Å². The van der Waals surface area contributed by atoms with Gasteiger partial charge in [0.15, 0.2) is 0 Å². The number of halogens is 1. The molecule has 98 valence electrons. The van der Waals surface area contributed by atoms with Gasteiger partial charge in [-0.1, -0.05) is 0 Å². The number of rotatable bonds is 5. The monoisotopic (exact) mass is 254 g/mol. The number of carbonyl (C=O) groups excluding carboxylic acids is 2. The fourth-order valence-electron chi connectivity index (χ4n) is 1.30. The Morgan fingerprint density at radius 3 is 2.78 bits per heavy atom. The molecule has 1 aromatic carbocycles. The van der Waals surface area contributed by atoms with Crippen molar-refractivity contribution in [3.05, 3.63) is 29.6 Å². The van der Waals surface area contributed by atoms with Gasteiger partial charge in [-0.25, -0.2) is 9.18 Å². The van der Waals surface area contributed by atoms with Crippen molar-refractivity contribution in [1.82, 2.24) is 5.32 Å². The lowest BCUT2D eigenvalue weighted by atomic mass is 10.2. The summed E-state index contributed by atoms with van der Waals surface area (Å²) in [5, 5.41) is 2.56. The fourth-order valence-corrected chi connectivity index (χ4v) is 1.30. The molecular weight excluding hydrogens is 239 g/mol. The highest BCUT2D eigenvalue weighted by Crippen LogP contribution is 2.12. The van der Waals surface area contributed by atoms with Crippen molar-refractivity contribution in [2.75, 3.05) is 18.9 Å². The SMILES string of the molecule is CCNC(=O)CCOC(=O)c1ccc(N)cc1F. The maximum absolute atomic E-state index is 13.3. The van der Waals surface area contributed by atoms with E-state index in [0.717, 1.165) is 6.07 Å². The van der Waals surface area contributed by atoms with Crippen LogP contribution in [0.25, 0.3) is 0 Å². The van der Waals surface area contributed by atoms with Crippen molar-refractivity contribution in [1.29, 1.82) is 0 Å². The van der Waals surface area contributed by atoms with Crippen LogP contribution in [-0.4, -0.2) is 25.0 Å². The molecular formula is C12H15FN2O3. The third-order valence-electron chi connectivity index (χ3n) is 2.15. The van der Waals surface area contributed by atoms with Crippen LogP contribution in [0.15, 0.2) is 18.2 Å². The fraction of sp³-hybridized carbons (Fsp3) is 0.333. The molecule has 1 aromatic rings. The van der Waals surface area contributed by atoms with Crippen LogP contribution in [0.5, 0.6) is 0 Å². The van der Waals surface area contributed by atoms with E-state index in [0.29, 0.717) is 6.54 Å². The summed E-state index contributed by atoms with van der Waals surface area (Å²) in [5.74, 6) is -1.77. The highest BCUT2D eigenvalue weighted by atomic mass is 19.1. The summed E-state index contributed by atoms with van der Waals surface area (Å²) in [6.45, 7) is 2.21. The summed E-state index contributed by atoms with van der Waals surface area (Å²) in [7, 11) is 0. The molecule has 1 rings (SSSR count). The van der Waals surface area contributed by atoms with Crippen LogP contribution >= 0.6 is 0 Å². The average Bonchev–Trinajstić information content (AvgIpc) is 2.29. The minimum Gasteiger partial charge on any atom is -0.461 e. The Kier molecular flexibility index (Phi) is 5.10. The number of hydrogen-bond acceptors (Lipinski definition) is 4. The van der Waals surface area contributed by atoms with Crippen LogP contribution in [0.3, 0.4) is 0 Å². The molecule has 0 spiro atoms. The highest BCUT2D eigenvalue weighted by Gasteiger charge is 2.13. The number of benzene rings is 1. The summed E-state index contributed by atoms with van der Waals surface area (Å²) in [6, 6.07) is 3.70. The maximum atomic E-state index is 13.3. The van der Waals surface area contributed by atoms with Gasteiger partial charge in [-0.3, -0.25) is 4.79 Å². The Morgan fingerprint density at radius 2 is 2.17 bits per heavy atom. The zero-order chi connectivity index (χ0) is 13.5. The molecule has 1 amide bonds. The number of esters is 1. The normalized spacial score (nSPS) is 9.89. The smallest absolute Gasteiger partial charge is 0.341 e. The zero-order valence-corrected chi connectivity index (χ0v) is 10.0. The minimum atomic E-state index is -0.809. The molecule has 6 heteroatoms. The Balaban J connectivity index is 2.48. The van der Waals surface area contributed by atoms with Crippen molar-refractivity contribution in [2.45, 2.75) is 13.3 Å². The minimum absolute atomic E-state index is 0.0518. The molecule has 5 nitrogen and oxygen atoms in total. The molecule has 0 unspecified atom stereocenters. The van der Waals surface area contributed by atoms with Gasteiger partial charge in [0.2, 0.25) is 5.91 Å². The van der Waals surface area contributed by atoms with Gasteiger partial charge in [-0.2, -0.15) is 0 Å². The van der Waals surface area contributed by atoms with Crippen molar-refractivity contribution >= 4 is 17.6 Å². The first kappa shape index (κ1) is 14.0. The first-order chi connectivity index (χ1) is 8.54. The van der Waals surface area contributed by atoms with Crippen LogP contribution in [0, 0.1) is 5.82 Å². The van der Waals surface area contributed by atoms with Gasteiger partial charge in [0, 0.05) is 12.2 Å². The predicted octanol–water partition coefficient (Wildman–Crippen LogP) is 1.09. The molecule has 0 heterocycles. The molecule has 0 radical (unpaired) electrons. The van der Waals surface area contributed by atoms with E-state index in [-0.39, 0.29) is 30.2 Å². The Hall–Kier alpha value is -2.11. The third-order valence-corrected chi connectivity index (χ3v) is 2.15. The van der Waals surface area contributed by atoms with E-state index in [2.05, 4.69) is 5.32 Å². The van der Waals surface area contributed by atoms with Gasteiger partial charge in [0.25, 0.3) is 0 Å². The Labute approximate surface area is 104 Å². The van der Waals surface area contributed by atoms with Crippen molar-refractivity contribution in [3.8, 4) is 0 Å². The topological polar surface area (TPSA) is 81.4 Å². The largest absolute Gasteiger partial charge is 0.461 e. The Morgan fingerprint density at radius 1 is 1.44 bits per heavy atom. The molecule has 0 aromatic heterocycles. The summed E-state index contributed by atoms with van der Waals surface area (Å²) >= 11 is 0. The summed E-state index contributed by atoms with van der Waals surface area (Å²) < 4.78 is 18.1. The quantitative estimate of drug-likeness (QED) is 0.608. The number of hydrogen-bond donors (Lipinski definition) is 2. The molecule has 0 fully saturated rings. The van der Waals surface area contributed by atoms with Crippen LogP contribution in [0.2, 0.25) is 0 Å².